The number of hydrogen-bond donors (Lipinski definition) is 1. The van der Waals surface area contributed by atoms with Gasteiger partial charge in [-0.1, -0.05) is 37.3 Å². The fraction of sp³-hybridized carbons (Fsp3) is 0.353. The molecule has 1 aromatic heterocycles. The molecule has 0 spiro atoms. The van der Waals surface area contributed by atoms with Crippen molar-refractivity contribution in [1.82, 2.24) is 10.3 Å². The van der Waals surface area contributed by atoms with E-state index in [1.807, 2.05) is 37.3 Å². The van der Waals surface area contributed by atoms with Crippen LogP contribution in [0.4, 0.5) is 0 Å². The lowest BCUT2D eigenvalue weighted by molar-refractivity contribution is 0.223. The first-order chi connectivity index (χ1) is 9.70. The molecule has 1 aromatic carbocycles. The summed E-state index contributed by atoms with van der Waals surface area (Å²) in [6.07, 6.45) is 0.0149. The minimum Gasteiger partial charge on any atom is -0.484 e. The molecule has 3 heteroatoms. The van der Waals surface area contributed by atoms with Crippen LogP contribution in [0, 0.1) is 6.92 Å². The van der Waals surface area contributed by atoms with E-state index in [1.54, 1.807) is 0 Å². The highest BCUT2D eigenvalue weighted by Crippen LogP contribution is 2.24. The molecule has 0 radical (unpaired) electrons. The minimum absolute atomic E-state index is 0.0149. The standard InChI is InChI=1S/C17H22N2O/c1-4-18-12-16-17(11-10-13(2)19-16)20-14(3)15-8-6-5-7-9-15/h5-11,14,18H,4,12H2,1-3H3. The van der Waals surface area contributed by atoms with Gasteiger partial charge in [0.1, 0.15) is 11.9 Å². The van der Waals surface area contributed by atoms with Crippen molar-refractivity contribution in [3.8, 4) is 5.75 Å². The number of nitrogens with one attached hydrogen (secondary N) is 1. The lowest BCUT2D eigenvalue weighted by Gasteiger charge is -2.18. The molecule has 1 N–H and O–H groups in total. The second-order valence-electron chi connectivity index (χ2n) is 4.85. The van der Waals surface area contributed by atoms with E-state index in [0.717, 1.165) is 30.2 Å². The van der Waals surface area contributed by atoms with Crippen LogP contribution in [0.3, 0.4) is 0 Å². The molecule has 0 aliphatic rings. The second kappa shape index (κ2) is 7.06. The summed E-state index contributed by atoms with van der Waals surface area (Å²) in [6.45, 7) is 7.80. The summed E-state index contributed by atoms with van der Waals surface area (Å²) in [6, 6.07) is 14.2. The molecule has 20 heavy (non-hydrogen) atoms. The maximum absolute atomic E-state index is 6.08. The Morgan fingerprint density at radius 3 is 2.60 bits per heavy atom. The van der Waals surface area contributed by atoms with Gasteiger partial charge in [0.2, 0.25) is 0 Å². The van der Waals surface area contributed by atoms with E-state index in [2.05, 4.69) is 36.3 Å². The van der Waals surface area contributed by atoms with Crippen molar-refractivity contribution in [3.63, 3.8) is 0 Å². The molecule has 0 aliphatic heterocycles. The molecule has 0 saturated heterocycles. The van der Waals surface area contributed by atoms with E-state index >= 15 is 0 Å². The maximum atomic E-state index is 6.08. The molecule has 0 saturated carbocycles. The Morgan fingerprint density at radius 1 is 1.15 bits per heavy atom. The SMILES string of the molecule is CCNCc1nc(C)ccc1OC(C)c1ccccc1. The third-order valence-corrected chi connectivity index (χ3v) is 3.19. The summed E-state index contributed by atoms with van der Waals surface area (Å²) in [4.78, 5) is 4.57. The zero-order valence-electron chi connectivity index (χ0n) is 12.4. The van der Waals surface area contributed by atoms with Gasteiger partial charge in [-0.2, -0.15) is 0 Å². The Bertz CT molecular complexity index is 540. The molecule has 106 valence electrons. The van der Waals surface area contributed by atoms with Crippen molar-refractivity contribution >= 4 is 0 Å². The topological polar surface area (TPSA) is 34.2 Å². The summed E-state index contributed by atoms with van der Waals surface area (Å²) in [5, 5.41) is 3.30. The van der Waals surface area contributed by atoms with Gasteiger partial charge in [-0.05, 0) is 38.1 Å². The van der Waals surface area contributed by atoms with Gasteiger partial charge in [-0.3, -0.25) is 4.98 Å². The van der Waals surface area contributed by atoms with Crippen LogP contribution in [0.2, 0.25) is 0 Å². The molecule has 2 aromatic rings. The van der Waals surface area contributed by atoms with Gasteiger partial charge in [0.05, 0.1) is 5.69 Å². The quantitative estimate of drug-likeness (QED) is 0.870. The van der Waals surface area contributed by atoms with E-state index in [0.29, 0.717) is 0 Å². The molecule has 2 rings (SSSR count). The summed E-state index contributed by atoms with van der Waals surface area (Å²) in [5.74, 6) is 0.855. The van der Waals surface area contributed by atoms with Crippen LogP contribution < -0.4 is 10.1 Å². The molecule has 1 atom stereocenters. The zero-order valence-corrected chi connectivity index (χ0v) is 12.4. The minimum atomic E-state index is 0.0149. The van der Waals surface area contributed by atoms with E-state index in [9.17, 15) is 0 Å². The summed E-state index contributed by atoms with van der Waals surface area (Å²) < 4.78 is 6.08. The smallest absolute Gasteiger partial charge is 0.143 e. The average molecular weight is 270 g/mol. The number of rotatable bonds is 6. The van der Waals surface area contributed by atoms with Crippen molar-refractivity contribution < 1.29 is 4.74 Å². The van der Waals surface area contributed by atoms with Crippen LogP contribution in [0.5, 0.6) is 5.75 Å². The Kier molecular flexibility index (Phi) is 5.13. The Hall–Kier alpha value is -1.87. The van der Waals surface area contributed by atoms with E-state index in [-0.39, 0.29) is 6.10 Å². The Morgan fingerprint density at radius 2 is 1.90 bits per heavy atom. The first-order valence-corrected chi connectivity index (χ1v) is 7.09. The first kappa shape index (κ1) is 14.5. The largest absolute Gasteiger partial charge is 0.484 e. The first-order valence-electron chi connectivity index (χ1n) is 7.09. The van der Waals surface area contributed by atoms with E-state index in [1.165, 1.54) is 5.56 Å². The van der Waals surface area contributed by atoms with Gasteiger partial charge in [0.15, 0.2) is 0 Å². The molecule has 1 heterocycles. The number of ether oxygens (including phenoxy) is 1. The predicted octanol–water partition coefficient (Wildman–Crippen LogP) is 3.64. The lowest BCUT2D eigenvalue weighted by atomic mass is 10.1. The van der Waals surface area contributed by atoms with Crippen molar-refractivity contribution in [1.29, 1.82) is 0 Å². The number of aryl methyl sites for hydroxylation is 1. The second-order valence-corrected chi connectivity index (χ2v) is 4.85. The summed E-state index contributed by atoms with van der Waals surface area (Å²) in [5.41, 5.74) is 3.15. The molecule has 0 bridgehead atoms. The number of aromatic nitrogens is 1. The van der Waals surface area contributed by atoms with Crippen LogP contribution in [0.1, 0.15) is 36.9 Å². The Labute approximate surface area is 121 Å². The summed E-state index contributed by atoms with van der Waals surface area (Å²) >= 11 is 0. The number of pyridine rings is 1. The molecule has 0 amide bonds. The highest BCUT2D eigenvalue weighted by Gasteiger charge is 2.11. The lowest BCUT2D eigenvalue weighted by Crippen LogP contribution is -2.15. The molecule has 0 aliphatic carbocycles. The fourth-order valence-corrected chi connectivity index (χ4v) is 2.06. The van der Waals surface area contributed by atoms with E-state index in [4.69, 9.17) is 4.74 Å². The van der Waals surface area contributed by atoms with Crippen molar-refractivity contribution in [2.24, 2.45) is 0 Å². The fourth-order valence-electron chi connectivity index (χ4n) is 2.06. The van der Waals surface area contributed by atoms with Crippen LogP contribution in [-0.4, -0.2) is 11.5 Å². The molecular formula is C17H22N2O. The van der Waals surface area contributed by atoms with Gasteiger partial charge in [0.25, 0.3) is 0 Å². The zero-order chi connectivity index (χ0) is 14.4. The van der Waals surface area contributed by atoms with E-state index < -0.39 is 0 Å². The number of hydrogen-bond acceptors (Lipinski definition) is 3. The van der Waals surface area contributed by atoms with Crippen molar-refractivity contribution in [2.75, 3.05) is 6.54 Å². The Balaban J connectivity index is 2.15. The normalized spacial score (nSPS) is 12.2. The molecule has 0 fully saturated rings. The number of benzene rings is 1. The summed E-state index contributed by atoms with van der Waals surface area (Å²) in [7, 11) is 0. The third kappa shape index (κ3) is 3.81. The van der Waals surface area contributed by atoms with Gasteiger partial charge in [-0.15, -0.1) is 0 Å². The molecular weight excluding hydrogens is 248 g/mol. The average Bonchev–Trinajstić information content (AvgIpc) is 2.48. The molecule has 1 unspecified atom stereocenters. The van der Waals surface area contributed by atoms with Gasteiger partial charge < -0.3 is 10.1 Å². The molecule has 3 nitrogen and oxygen atoms in total. The van der Waals surface area contributed by atoms with Gasteiger partial charge >= 0.3 is 0 Å². The van der Waals surface area contributed by atoms with Crippen LogP contribution in [-0.2, 0) is 6.54 Å². The number of nitrogens with zero attached hydrogens (tertiary/aromatic N) is 1. The highest BCUT2D eigenvalue weighted by molar-refractivity contribution is 5.30. The van der Waals surface area contributed by atoms with Crippen LogP contribution >= 0.6 is 0 Å². The van der Waals surface area contributed by atoms with Gasteiger partial charge in [0, 0.05) is 12.2 Å². The predicted molar refractivity (Wildman–Crippen MR) is 81.8 cm³/mol. The third-order valence-electron chi connectivity index (χ3n) is 3.19. The maximum Gasteiger partial charge on any atom is 0.143 e. The van der Waals surface area contributed by atoms with Crippen molar-refractivity contribution in [3.05, 3.63) is 59.4 Å². The van der Waals surface area contributed by atoms with Crippen LogP contribution in [0.15, 0.2) is 42.5 Å². The van der Waals surface area contributed by atoms with Gasteiger partial charge in [-0.25, -0.2) is 0 Å². The van der Waals surface area contributed by atoms with Crippen molar-refractivity contribution in [2.45, 2.75) is 33.4 Å². The monoisotopic (exact) mass is 270 g/mol. The highest BCUT2D eigenvalue weighted by atomic mass is 16.5. The van der Waals surface area contributed by atoms with Crippen LogP contribution in [0.25, 0.3) is 0 Å².